The van der Waals surface area contributed by atoms with Crippen LogP contribution in [0.4, 0.5) is 5.69 Å². The van der Waals surface area contributed by atoms with Crippen LogP contribution in [0.1, 0.15) is 18.9 Å². The van der Waals surface area contributed by atoms with Crippen molar-refractivity contribution in [1.29, 1.82) is 0 Å². The number of para-hydroxylation sites is 1. The van der Waals surface area contributed by atoms with E-state index in [9.17, 15) is 5.11 Å². The van der Waals surface area contributed by atoms with Gasteiger partial charge in [-0.15, -0.1) is 0 Å². The minimum absolute atomic E-state index is 0.120. The third-order valence-electron chi connectivity index (χ3n) is 2.83. The summed E-state index contributed by atoms with van der Waals surface area (Å²) in [4.78, 5) is 2.33. The predicted molar refractivity (Wildman–Crippen MR) is 63.0 cm³/mol. The third-order valence-corrected chi connectivity index (χ3v) is 2.83. The van der Waals surface area contributed by atoms with Crippen molar-refractivity contribution in [1.82, 2.24) is 0 Å². The monoisotopic (exact) mass is 203 g/mol. The number of nitrogens with zero attached hydrogens (tertiary/aromatic N) is 1. The van der Waals surface area contributed by atoms with E-state index in [0.29, 0.717) is 0 Å². The third kappa shape index (κ3) is 2.21. The fourth-order valence-corrected chi connectivity index (χ4v) is 2.07. The van der Waals surface area contributed by atoms with E-state index in [0.717, 1.165) is 25.1 Å². The van der Waals surface area contributed by atoms with E-state index in [-0.39, 0.29) is 6.61 Å². The second kappa shape index (κ2) is 4.49. The lowest BCUT2D eigenvalue weighted by Gasteiger charge is -2.29. The molecule has 0 atom stereocenters. The van der Waals surface area contributed by atoms with E-state index in [1.807, 2.05) is 18.2 Å². The van der Waals surface area contributed by atoms with Crippen LogP contribution in [0.3, 0.4) is 0 Å². The number of rotatable bonds is 2. The van der Waals surface area contributed by atoms with Gasteiger partial charge in [0.1, 0.15) is 0 Å². The molecule has 1 N–H and O–H groups in total. The molecule has 0 radical (unpaired) electrons. The first kappa shape index (κ1) is 10.2. The van der Waals surface area contributed by atoms with Crippen molar-refractivity contribution in [3.05, 3.63) is 41.5 Å². The van der Waals surface area contributed by atoms with Gasteiger partial charge in [0.15, 0.2) is 0 Å². The Kier molecular flexibility index (Phi) is 3.07. The zero-order valence-corrected chi connectivity index (χ0v) is 9.11. The fraction of sp³-hybridized carbons (Fsp3) is 0.385. The predicted octanol–water partition coefficient (Wildman–Crippen LogP) is 2.34. The van der Waals surface area contributed by atoms with Crippen molar-refractivity contribution in [3.63, 3.8) is 0 Å². The lowest BCUT2D eigenvalue weighted by molar-refractivity contribution is 0.282. The van der Waals surface area contributed by atoms with Crippen LogP contribution in [0, 0.1) is 0 Å². The molecule has 0 aromatic heterocycles. The normalized spacial score (nSPS) is 16.4. The van der Waals surface area contributed by atoms with Crippen molar-refractivity contribution in [2.24, 2.45) is 0 Å². The highest BCUT2D eigenvalue weighted by atomic mass is 16.3. The Bertz CT molecular complexity index is 371. The van der Waals surface area contributed by atoms with Crippen LogP contribution in [0.25, 0.3) is 0 Å². The number of benzene rings is 1. The molecule has 1 aromatic rings. The zero-order valence-electron chi connectivity index (χ0n) is 9.11. The Labute approximate surface area is 90.8 Å². The summed E-state index contributed by atoms with van der Waals surface area (Å²) >= 11 is 0. The van der Waals surface area contributed by atoms with Crippen molar-refractivity contribution >= 4 is 5.69 Å². The summed E-state index contributed by atoms with van der Waals surface area (Å²) in [6, 6.07) is 8.08. The smallest absolute Gasteiger partial charge is 0.0702 e. The minimum atomic E-state index is 0.120. The maximum atomic E-state index is 9.27. The van der Waals surface area contributed by atoms with E-state index in [1.165, 1.54) is 11.3 Å². The molecule has 0 saturated carbocycles. The van der Waals surface area contributed by atoms with Crippen molar-refractivity contribution in [2.45, 2.75) is 20.0 Å². The van der Waals surface area contributed by atoms with Crippen molar-refractivity contribution in [3.8, 4) is 0 Å². The highest BCUT2D eigenvalue weighted by Gasteiger charge is 2.13. The van der Waals surface area contributed by atoms with Gasteiger partial charge >= 0.3 is 0 Å². The molecule has 15 heavy (non-hydrogen) atoms. The Morgan fingerprint density at radius 3 is 2.87 bits per heavy atom. The van der Waals surface area contributed by atoms with Gasteiger partial charge in [-0.05, 0) is 19.4 Å². The summed E-state index contributed by atoms with van der Waals surface area (Å²) < 4.78 is 0. The Balaban J connectivity index is 2.25. The van der Waals surface area contributed by atoms with Crippen LogP contribution in [0.5, 0.6) is 0 Å². The average molecular weight is 203 g/mol. The quantitative estimate of drug-likeness (QED) is 0.746. The molecular weight excluding hydrogens is 186 g/mol. The molecule has 0 spiro atoms. The summed E-state index contributed by atoms with van der Waals surface area (Å²) in [5.41, 5.74) is 3.61. The number of hydrogen-bond donors (Lipinski definition) is 1. The van der Waals surface area contributed by atoms with Crippen LogP contribution in [-0.4, -0.2) is 18.2 Å². The van der Waals surface area contributed by atoms with Gasteiger partial charge in [0.05, 0.1) is 6.61 Å². The summed E-state index contributed by atoms with van der Waals surface area (Å²) in [5, 5.41) is 9.27. The molecule has 2 nitrogen and oxygen atoms in total. The standard InChI is InChI=1S/C13H17NO/c1-11-5-4-8-14(9-11)13-7-3-2-6-12(13)10-15/h2-3,5-7,15H,4,8-10H2,1H3. The molecule has 80 valence electrons. The van der Waals surface area contributed by atoms with Gasteiger partial charge in [-0.1, -0.05) is 29.8 Å². The Hall–Kier alpha value is -1.28. The average Bonchev–Trinajstić information content (AvgIpc) is 2.29. The zero-order chi connectivity index (χ0) is 10.7. The molecule has 1 aliphatic heterocycles. The minimum Gasteiger partial charge on any atom is -0.392 e. The second-order valence-electron chi connectivity index (χ2n) is 4.05. The first-order valence-corrected chi connectivity index (χ1v) is 5.40. The fourth-order valence-electron chi connectivity index (χ4n) is 2.07. The van der Waals surface area contributed by atoms with Gasteiger partial charge < -0.3 is 10.0 Å². The molecule has 0 aliphatic carbocycles. The van der Waals surface area contributed by atoms with Gasteiger partial charge in [-0.25, -0.2) is 0 Å². The molecule has 1 heterocycles. The highest BCUT2D eigenvalue weighted by Crippen LogP contribution is 2.23. The first-order chi connectivity index (χ1) is 7.31. The van der Waals surface area contributed by atoms with Crippen LogP contribution in [0.15, 0.2) is 35.9 Å². The van der Waals surface area contributed by atoms with Crippen LogP contribution in [0.2, 0.25) is 0 Å². The number of aliphatic hydroxyl groups is 1. The molecule has 0 bridgehead atoms. The molecule has 1 aliphatic rings. The molecule has 1 aromatic carbocycles. The van der Waals surface area contributed by atoms with Gasteiger partial charge in [-0.3, -0.25) is 0 Å². The summed E-state index contributed by atoms with van der Waals surface area (Å²) in [5.74, 6) is 0. The Morgan fingerprint density at radius 1 is 1.33 bits per heavy atom. The summed E-state index contributed by atoms with van der Waals surface area (Å²) in [6.45, 7) is 4.31. The number of hydrogen-bond acceptors (Lipinski definition) is 2. The first-order valence-electron chi connectivity index (χ1n) is 5.40. The second-order valence-corrected chi connectivity index (χ2v) is 4.05. The molecule has 2 rings (SSSR count). The van der Waals surface area contributed by atoms with Gasteiger partial charge in [0, 0.05) is 24.3 Å². The molecule has 2 heteroatoms. The van der Waals surface area contributed by atoms with E-state index in [2.05, 4.69) is 24.0 Å². The van der Waals surface area contributed by atoms with Gasteiger partial charge in [0.2, 0.25) is 0 Å². The molecule has 0 unspecified atom stereocenters. The van der Waals surface area contributed by atoms with E-state index in [1.54, 1.807) is 0 Å². The number of anilines is 1. The molecule has 0 amide bonds. The van der Waals surface area contributed by atoms with Crippen LogP contribution >= 0.6 is 0 Å². The lowest BCUT2D eigenvalue weighted by atomic mass is 10.1. The lowest BCUT2D eigenvalue weighted by Crippen LogP contribution is -2.29. The van der Waals surface area contributed by atoms with Gasteiger partial charge in [-0.2, -0.15) is 0 Å². The van der Waals surface area contributed by atoms with Crippen molar-refractivity contribution in [2.75, 3.05) is 18.0 Å². The van der Waals surface area contributed by atoms with Crippen LogP contribution in [-0.2, 0) is 6.61 Å². The Morgan fingerprint density at radius 2 is 2.13 bits per heavy atom. The largest absolute Gasteiger partial charge is 0.392 e. The van der Waals surface area contributed by atoms with Crippen LogP contribution < -0.4 is 4.90 Å². The maximum Gasteiger partial charge on any atom is 0.0702 e. The van der Waals surface area contributed by atoms with E-state index in [4.69, 9.17) is 0 Å². The van der Waals surface area contributed by atoms with Gasteiger partial charge in [0.25, 0.3) is 0 Å². The molecule has 0 saturated heterocycles. The topological polar surface area (TPSA) is 23.5 Å². The molecule has 0 fully saturated rings. The summed E-state index contributed by atoms with van der Waals surface area (Å²) in [7, 11) is 0. The highest BCUT2D eigenvalue weighted by molar-refractivity contribution is 5.54. The van der Waals surface area contributed by atoms with E-state index < -0.39 is 0 Å². The summed E-state index contributed by atoms with van der Waals surface area (Å²) in [6.07, 6.45) is 3.39. The van der Waals surface area contributed by atoms with E-state index >= 15 is 0 Å². The van der Waals surface area contributed by atoms with Crippen molar-refractivity contribution < 1.29 is 5.11 Å². The number of aliphatic hydroxyl groups excluding tert-OH is 1. The molecular formula is C13H17NO. The SMILES string of the molecule is CC1=CCCN(c2ccccc2CO)C1. The maximum absolute atomic E-state index is 9.27.